The van der Waals surface area contributed by atoms with E-state index in [2.05, 4.69) is 31.3 Å². The van der Waals surface area contributed by atoms with E-state index in [0.717, 1.165) is 11.1 Å². The number of hydrogen-bond donors (Lipinski definition) is 2. The lowest BCUT2D eigenvalue weighted by atomic mass is 10.00. The van der Waals surface area contributed by atoms with E-state index in [-0.39, 0.29) is 5.91 Å². The zero-order valence-electron chi connectivity index (χ0n) is 16.5. The van der Waals surface area contributed by atoms with E-state index in [9.17, 15) is 9.90 Å². The molecular formula is C25H24ClNO2. The van der Waals surface area contributed by atoms with Crippen LogP contribution in [-0.2, 0) is 4.79 Å². The second-order valence-corrected chi connectivity index (χ2v) is 7.63. The molecule has 1 unspecified atom stereocenters. The second kappa shape index (κ2) is 9.55. The molecule has 29 heavy (non-hydrogen) atoms. The van der Waals surface area contributed by atoms with Crippen molar-refractivity contribution >= 4 is 29.3 Å². The van der Waals surface area contributed by atoms with Crippen LogP contribution in [0.25, 0.3) is 6.08 Å². The van der Waals surface area contributed by atoms with Crippen molar-refractivity contribution in [2.24, 2.45) is 0 Å². The summed E-state index contributed by atoms with van der Waals surface area (Å²) in [7, 11) is 0. The number of benzene rings is 3. The van der Waals surface area contributed by atoms with Gasteiger partial charge in [0.2, 0.25) is 5.91 Å². The molecule has 0 saturated carbocycles. The van der Waals surface area contributed by atoms with Gasteiger partial charge in [-0.1, -0.05) is 80.0 Å². The Bertz CT molecular complexity index is 995. The topological polar surface area (TPSA) is 49.3 Å². The van der Waals surface area contributed by atoms with Crippen LogP contribution in [0.15, 0.2) is 78.9 Å². The molecule has 0 saturated heterocycles. The maximum Gasteiger partial charge on any atom is 0.248 e. The number of rotatable bonds is 6. The lowest BCUT2D eigenvalue weighted by Gasteiger charge is -2.16. The van der Waals surface area contributed by atoms with Crippen LogP contribution in [0.5, 0.6) is 0 Å². The molecule has 0 radical (unpaired) electrons. The summed E-state index contributed by atoms with van der Waals surface area (Å²) in [5.41, 5.74) is 4.01. The van der Waals surface area contributed by atoms with Crippen molar-refractivity contribution in [2.45, 2.75) is 25.9 Å². The molecule has 3 aromatic carbocycles. The van der Waals surface area contributed by atoms with Gasteiger partial charge in [0, 0.05) is 22.3 Å². The summed E-state index contributed by atoms with van der Waals surface area (Å²) in [4.78, 5) is 12.4. The zero-order chi connectivity index (χ0) is 20.8. The summed E-state index contributed by atoms with van der Waals surface area (Å²) in [6.45, 7) is 4.29. The van der Waals surface area contributed by atoms with Crippen LogP contribution in [-0.4, -0.2) is 11.0 Å². The number of carbonyl (C=O) groups is 1. The molecule has 3 rings (SSSR count). The standard InChI is InChI=1S/C25H24ClNO2/c1-17(2)19-11-8-18(9-12-19)10-15-24(28)27-23-14-13-21(26)16-22(23)25(29)20-6-4-3-5-7-20/h3-17,25,29H,1-2H3,(H,27,28)/b15-10+. The molecule has 0 fully saturated rings. The molecule has 1 amide bonds. The maximum absolute atomic E-state index is 12.4. The highest BCUT2D eigenvalue weighted by Gasteiger charge is 2.16. The largest absolute Gasteiger partial charge is 0.384 e. The molecule has 1 atom stereocenters. The first-order valence-electron chi connectivity index (χ1n) is 9.55. The number of nitrogens with one attached hydrogen (secondary N) is 1. The molecule has 3 nitrogen and oxygen atoms in total. The Morgan fingerprint density at radius 3 is 2.31 bits per heavy atom. The van der Waals surface area contributed by atoms with Gasteiger partial charge in [0.25, 0.3) is 0 Å². The fraction of sp³-hybridized carbons (Fsp3) is 0.160. The number of amides is 1. The lowest BCUT2D eigenvalue weighted by Crippen LogP contribution is -2.12. The monoisotopic (exact) mass is 405 g/mol. The summed E-state index contributed by atoms with van der Waals surface area (Å²) in [5.74, 6) is 0.192. The van der Waals surface area contributed by atoms with Gasteiger partial charge in [0.1, 0.15) is 6.10 Å². The molecule has 0 aliphatic heterocycles. The maximum atomic E-state index is 12.4. The summed E-state index contributed by atoms with van der Waals surface area (Å²) in [6.07, 6.45) is 2.36. The molecule has 4 heteroatoms. The number of aliphatic hydroxyl groups is 1. The van der Waals surface area contributed by atoms with E-state index in [1.54, 1.807) is 24.3 Å². The lowest BCUT2D eigenvalue weighted by molar-refractivity contribution is -0.111. The van der Waals surface area contributed by atoms with E-state index >= 15 is 0 Å². The van der Waals surface area contributed by atoms with Crippen LogP contribution in [0.3, 0.4) is 0 Å². The van der Waals surface area contributed by atoms with Crippen molar-refractivity contribution in [1.29, 1.82) is 0 Å². The molecule has 0 aliphatic carbocycles. The summed E-state index contributed by atoms with van der Waals surface area (Å²) >= 11 is 6.12. The predicted octanol–water partition coefficient (Wildman–Crippen LogP) is 6.20. The van der Waals surface area contributed by atoms with Crippen molar-refractivity contribution in [2.75, 3.05) is 5.32 Å². The van der Waals surface area contributed by atoms with Gasteiger partial charge in [-0.3, -0.25) is 4.79 Å². The third-order valence-electron chi connectivity index (χ3n) is 4.71. The van der Waals surface area contributed by atoms with E-state index in [4.69, 9.17) is 11.6 Å². The number of hydrogen-bond acceptors (Lipinski definition) is 2. The molecule has 0 aromatic heterocycles. The van der Waals surface area contributed by atoms with E-state index < -0.39 is 6.10 Å². The number of halogens is 1. The first kappa shape index (κ1) is 20.8. The van der Waals surface area contributed by atoms with Gasteiger partial charge < -0.3 is 10.4 Å². The van der Waals surface area contributed by atoms with Gasteiger partial charge in [0.05, 0.1) is 0 Å². The van der Waals surface area contributed by atoms with Gasteiger partial charge >= 0.3 is 0 Å². The molecule has 3 aromatic rings. The molecule has 0 heterocycles. The fourth-order valence-electron chi connectivity index (χ4n) is 3.03. The van der Waals surface area contributed by atoms with Crippen molar-refractivity contribution in [1.82, 2.24) is 0 Å². The molecule has 0 bridgehead atoms. The Balaban J connectivity index is 1.76. The van der Waals surface area contributed by atoms with Crippen molar-refractivity contribution in [3.05, 3.63) is 106 Å². The molecule has 0 spiro atoms. The van der Waals surface area contributed by atoms with Gasteiger partial charge in [-0.25, -0.2) is 0 Å². The summed E-state index contributed by atoms with van der Waals surface area (Å²) < 4.78 is 0. The fourth-order valence-corrected chi connectivity index (χ4v) is 3.21. The first-order chi connectivity index (χ1) is 13.9. The van der Waals surface area contributed by atoms with Gasteiger partial charge in [-0.05, 0) is 46.9 Å². The molecular weight excluding hydrogens is 382 g/mol. The highest BCUT2D eigenvalue weighted by Crippen LogP contribution is 2.31. The Labute approximate surface area is 176 Å². The third-order valence-corrected chi connectivity index (χ3v) is 4.95. The highest BCUT2D eigenvalue weighted by atomic mass is 35.5. The summed E-state index contributed by atoms with van der Waals surface area (Å²) in [6, 6.07) is 22.4. The normalized spacial score (nSPS) is 12.3. The molecule has 2 N–H and O–H groups in total. The average Bonchev–Trinajstić information content (AvgIpc) is 2.74. The van der Waals surface area contributed by atoms with Crippen LogP contribution in [0.4, 0.5) is 5.69 Å². The SMILES string of the molecule is CC(C)c1ccc(/C=C/C(=O)Nc2ccc(Cl)cc2C(O)c2ccccc2)cc1. The van der Waals surface area contributed by atoms with Crippen LogP contribution in [0.2, 0.25) is 5.02 Å². The van der Waals surface area contributed by atoms with Crippen LogP contribution in [0, 0.1) is 0 Å². The minimum atomic E-state index is -0.891. The second-order valence-electron chi connectivity index (χ2n) is 7.19. The average molecular weight is 406 g/mol. The number of anilines is 1. The molecule has 0 aliphatic rings. The van der Waals surface area contributed by atoms with Crippen LogP contribution in [0.1, 0.15) is 48.1 Å². The molecule has 148 valence electrons. The minimum absolute atomic E-state index is 0.276. The number of carbonyl (C=O) groups excluding carboxylic acids is 1. The Morgan fingerprint density at radius 1 is 0.966 bits per heavy atom. The van der Waals surface area contributed by atoms with E-state index in [1.807, 2.05) is 42.5 Å². The predicted molar refractivity (Wildman–Crippen MR) is 120 cm³/mol. The third kappa shape index (κ3) is 5.57. The van der Waals surface area contributed by atoms with Gasteiger partial charge in [0.15, 0.2) is 0 Å². The quantitative estimate of drug-likeness (QED) is 0.480. The Kier molecular flexibility index (Phi) is 6.86. The minimum Gasteiger partial charge on any atom is -0.384 e. The first-order valence-corrected chi connectivity index (χ1v) is 9.93. The van der Waals surface area contributed by atoms with Crippen molar-refractivity contribution in [3.8, 4) is 0 Å². The van der Waals surface area contributed by atoms with E-state index in [1.165, 1.54) is 11.6 Å². The van der Waals surface area contributed by atoms with Crippen molar-refractivity contribution < 1.29 is 9.90 Å². The highest BCUT2D eigenvalue weighted by molar-refractivity contribution is 6.30. The smallest absolute Gasteiger partial charge is 0.248 e. The Hall–Kier alpha value is -2.88. The van der Waals surface area contributed by atoms with Gasteiger partial charge in [-0.15, -0.1) is 0 Å². The van der Waals surface area contributed by atoms with Crippen LogP contribution >= 0.6 is 11.6 Å². The Morgan fingerprint density at radius 2 is 1.66 bits per heavy atom. The van der Waals surface area contributed by atoms with Crippen LogP contribution < -0.4 is 5.32 Å². The summed E-state index contributed by atoms with van der Waals surface area (Å²) in [5, 5.41) is 14.1. The van der Waals surface area contributed by atoms with Gasteiger partial charge in [-0.2, -0.15) is 0 Å². The zero-order valence-corrected chi connectivity index (χ0v) is 17.2. The van der Waals surface area contributed by atoms with E-state index in [0.29, 0.717) is 22.2 Å². The number of aliphatic hydroxyl groups excluding tert-OH is 1. The van der Waals surface area contributed by atoms with Crippen molar-refractivity contribution in [3.63, 3.8) is 0 Å².